The number of sulfonamides is 1. The van der Waals surface area contributed by atoms with E-state index in [0.29, 0.717) is 10.8 Å². The molecule has 3 aromatic rings. The average molecular weight is 583 g/mol. The zero-order chi connectivity index (χ0) is 28.2. The fourth-order valence-electron chi connectivity index (χ4n) is 4.79. The minimum Gasteiger partial charge on any atom is -0.479 e. The fourth-order valence-corrected chi connectivity index (χ4v) is 6.01. The molecule has 0 amide bonds. The topological polar surface area (TPSA) is 176 Å². The molecule has 0 saturated heterocycles. The van der Waals surface area contributed by atoms with Crippen LogP contribution in [0.5, 0.6) is 11.8 Å². The van der Waals surface area contributed by atoms with E-state index in [4.69, 9.17) is 25.8 Å². The van der Waals surface area contributed by atoms with Crippen molar-refractivity contribution in [1.29, 1.82) is 0 Å². The van der Waals surface area contributed by atoms with E-state index in [-0.39, 0.29) is 47.7 Å². The van der Waals surface area contributed by atoms with Gasteiger partial charge in [0.05, 0.1) is 19.2 Å². The van der Waals surface area contributed by atoms with Crippen molar-refractivity contribution in [2.45, 2.75) is 49.9 Å². The van der Waals surface area contributed by atoms with E-state index < -0.39 is 21.4 Å². The van der Waals surface area contributed by atoms with Crippen LogP contribution in [-0.2, 0) is 14.8 Å². The van der Waals surface area contributed by atoms with Crippen molar-refractivity contribution in [3.05, 3.63) is 35.4 Å². The summed E-state index contributed by atoms with van der Waals surface area (Å²) >= 11 is 5.89. The Bertz CT molecular complexity index is 1350. The number of aromatic nitrogens is 7. The van der Waals surface area contributed by atoms with Gasteiger partial charge in [0.15, 0.2) is 11.5 Å². The van der Waals surface area contributed by atoms with Crippen LogP contribution < -0.4 is 14.2 Å². The molecule has 0 spiro atoms. The summed E-state index contributed by atoms with van der Waals surface area (Å²) in [6.45, 7) is 1.41. The van der Waals surface area contributed by atoms with Gasteiger partial charge in [-0.15, -0.1) is 10.2 Å². The van der Waals surface area contributed by atoms with Gasteiger partial charge in [0.25, 0.3) is 0 Å². The van der Waals surface area contributed by atoms with Gasteiger partial charge in [-0.1, -0.05) is 24.4 Å². The number of ether oxygens (including phenoxy) is 3. The lowest BCUT2D eigenvalue weighted by atomic mass is 9.79. The van der Waals surface area contributed by atoms with Gasteiger partial charge < -0.3 is 19.3 Å². The van der Waals surface area contributed by atoms with E-state index in [0.717, 1.165) is 25.7 Å². The summed E-state index contributed by atoms with van der Waals surface area (Å²) in [5.41, 5.74) is 0.222. The predicted molar refractivity (Wildman–Crippen MR) is 141 cm³/mol. The Morgan fingerprint density at radius 3 is 2.31 bits per heavy atom. The highest BCUT2D eigenvalue weighted by atomic mass is 35.5. The Balaban J connectivity index is 1.81. The molecule has 4 atom stereocenters. The standard InChI is InChI=1S/C23H31ClN8O6S/c1-13(18(36-2)19-25-9-15(24)10-26-19)39(34,35)31-23-30-29-20(16-8-6-5-7-14(16)11-33)32(23)17-21(37-3)27-12-28-22(17)38-4/h9-10,12-14,16,18,33H,5-8,11H2,1-4H3,(H,30,31). The summed E-state index contributed by atoms with van der Waals surface area (Å²) in [4.78, 5) is 16.6. The van der Waals surface area contributed by atoms with Gasteiger partial charge >= 0.3 is 0 Å². The smallest absolute Gasteiger partial charge is 0.245 e. The number of hydrogen-bond acceptors (Lipinski definition) is 12. The summed E-state index contributed by atoms with van der Waals surface area (Å²) in [6.07, 6.45) is 6.39. The highest BCUT2D eigenvalue weighted by Crippen LogP contribution is 2.41. The predicted octanol–water partition coefficient (Wildman–Crippen LogP) is 2.30. The number of hydrogen-bond donors (Lipinski definition) is 2. The molecule has 212 valence electrons. The van der Waals surface area contributed by atoms with E-state index in [9.17, 15) is 13.5 Å². The van der Waals surface area contributed by atoms with Crippen molar-refractivity contribution in [2.75, 3.05) is 32.7 Å². The minimum absolute atomic E-state index is 0.0498. The zero-order valence-electron chi connectivity index (χ0n) is 22.0. The van der Waals surface area contributed by atoms with Crippen LogP contribution in [-0.4, -0.2) is 81.4 Å². The second-order valence-electron chi connectivity index (χ2n) is 9.06. The lowest BCUT2D eigenvalue weighted by Crippen LogP contribution is -2.33. The van der Waals surface area contributed by atoms with Crippen LogP contribution >= 0.6 is 11.6 Å². The number of nitrogens with one attached hydrogen (secondary N) is 1. The van der Waals surface area contributed by atoms with Crippen LogP contribution in [0.3, 0.4) is 0 Å². The number of rotatable bonds is 11. The Morgan fingerprint density at radius 2 is 1.72 bits per heavy atom. The minimum atomic E-state index is -4.17. The summed E-state index contributed by atoms with van der Waals surface area (Å²) in [7, 11) is 0.0418. The van der Waals surface area contributed by atoms with Gasteiger partial charge in [0, 0.05) is 32.0 Å². The van der Waals surface area contributed by atoms with Crippen molar-refractivity contribution in [3.8, 4) is 17.4 Å². The van der Waals surface area contributed by atoms with Crippen LogP contribution in [0.25, 0.3) is 5.69 Å². The number of aliphatic hydroxyl groups excluding tert-OH is 1. The van der Waals surface area contributed by atoms with Gasteiger partial charge in [-0.2, -0.15) is 9.97 Å². The van der Waals surface area contributed by atoms with Gasteiger partial charge in [-0.05, 0) is 25.7 Å². The molecule has 2 N–H and O–H groups in total. The number of anilines is 1. The molecule has 0 radical (unpaired) electrons. The lowest BCUT2D eigenvalue weighted by molar-refractivity contribution is 0.0950. The first kappa shape index (κ1) is 28.9. The van der Waals surface area contributed by atoms with Crippen molar-refractivity contribution in [1.82, 2.24) is 34.7 Å². The quantitative estimate of drug-likeness (QED) is 0.338. The third-order valence-electron chi connectivity index (χ3n) is 6.83. The van der Waals surface area contributed by atoms with Gasteiger partial charge in [-0.25, -0.2) is 18.4 Å². The molecule has 1 aliphatic rings. The molecule has 16 heteroatoms. The van der Waals surface area contributed by atoms with Crippen molar-refractivity contribution in [2.24, 2.45) is 5.92 Å². The molecule has 1 aliphatic carbocycles. The summed E-state index contributed by atoms with van der Waals surface area (Å²) in [5.74, 6) is 0.387. The molecule has 0 aliphatic heterocycles. The Kier molecular flexibility index (Phi) is 9.15. The second kappa shape index (κ2) is 12.4. The number of halogens is 1. The van der Waals surface area contributed by atoms with Crippen LogP contribution in [0.2, 0.25) is 5.02 Å². The first-order chi connectivity index (χ1) is 18.7. The Hall–Kier alpha value is -3.14. The lowest BCUT2D eigenvalue weighted by Gasteiger charge is -2.30. The molecule has 4 unspecified atom stereocenters. The normalized spacial score (nSPS) is 19.3. The van der Waals surface area contributed by atoms with Crippen molar-refractivity contribution < 1.29 is 27.7 Å². The molecule has 0 bridgehead atoms. The van der Waals surface area contributed by atoms with Gasteiger partial charge in [0.1, 0.15) is 23.5 Å². The van der Waals surface area contributed by atoms with E-state index >= 15 is 0 Å². The SMILES string of the molecule is COc1ncnc(OC)c1-n1c(NS(=O)(=O)C(C)C(OC)c2ncc(Cl)cn2)nnc1C1CCCCC1CO. The maximum atomic E-state index is 13.7. The average Bonchev–Trinajstić information content (AvgIpc) is 3.35. The highest BCUT2D eigenvalue weighted by molar-refractivity contribution is 7.93. The summed E-state index contributed by atoms with van der Waals surface area (Å²) < 4.78 is 47.8. The summed E-state index contributed by atoms with van der Waals surface area (Å²) in [6, 6.07) is 0. The third-order valence-corrected chi connectivity index (χ3v) is 8.72. The van der Waals surface area contributed by atoms with E-state index in [1.54, 1.807) is 0 Å². The van der Waals surface area contributed by atoms with Crippen LogP contribution in [0, 0.1) is 5.92 Å². The molecule has 14 nitrogen and oxygen atoms in total. The first-order valence-corrected chi connectivity index (χ1v) is 14.2. The molecule has 0 aromatic carbocycles. The molecule has 1 fully saturated rings. The van der Waals surface area contributed by atoms with Gasteiger partial charge in [-0.3, -0.25) is 9.29 Å². The van der Waals surface area contributed by atoms with E-state index in [1.165, 1.54) is 51.5 Å². The first-order valence-electron chi connectivity index (χ1n) is 12.3. The molecule has 1 saturated carbocycles. The zero-order valence-corrected chi connectivity index (χ0v) is 23.6. The fraction of sp³-hybridized carbons (Fsp3) is 0.565. The largest absolute Gasteiger partial charge is 0.479 e. The molecule has 3 aromatic heterocycles. The summed E-state index contributed by atoms with van der Waals surface area (Å²) in [5, 5.41) is 17.8. The number of methoxy groups -OCH3 is 3. The number of aliphatic hydroxyl groups is 1. The van der Waals surface area contributed by atoms with E-state index in [2.05, 4.69) is 34.9 Å². The number of nitrogens with zero attached hydrogens (tertiary/aromatic N) is 7. The van der Waals surface area contributed by atoms with Crippen LogP contribution in [0.1, 0.15) is 56.3 Å². The van der Waals surface area contributed by atoms with Crippen LogP contribution in [0.15, 0.2) is 18.7 Å². The monoisotopic (exact) mass is 582 g/mol. The Morgan fingerprint density at radius 1 is 1.08 bits per heavy atom. The molecular formula is C23H31ClN8O6S. The van der Waals surface area contributed by atoms with Crippen molar-refractivity contribution >= 4 is 27.6 Å². The third kappa shape index (κ3) is 5.90. The van der Waals surface area contributed by atoms with Crippen molar-refractivity contribution in [3.63, 3.8) is 0 Å². The second-order valence-corrected chi connectivity index (χ2v) is 11.5. The highest BCUT2D eigenvalue weighted by Gasteiger charge is 2.37. The maximum absolute atomic E-state index is 13.7. The Labute approximate surface area is 231 Å². The molecule has 3 heterocycles. The van der Waals surface area contributed by atoms with E-state index in [1.807, 2.05) is 0 Å². The van der Waals surface area contributed by atoms with Crippen LogP contribution in [0.4, 0.5) is 5.95 Å². The molecular weight excluding hydrogens is 552 g/mol. The molecule has 4 rings (SSSR count). The van der Waals surface area contributed by atoms with Gasteiger partial charge in [0.2, 0.25) is 27.7 Å². The maximum Gasteiger partial charge on any atom is 0.245 e. The molecule has 39 heavy (non-hydrogen) atoms.